The number of anilines is 2. The minimum Gasteiger partial charge on any atom is -0.394 e. The lowest BCUT2D eigenvalue weighted by molar-refractivity contribution is 0.639. The summed E-state index contributed by atoms with van der Waals surface area (Å²) in [5, 5.41) is 4.55. The first-order valence-corrected chi connectivity index (χ1v) is 7.25. The van der Waals surface area contributed by atoms with E-state index in [1.54, 1.807) is 0 Å². The van der Waals surface area contributed by atoms with Gasteiger partial charge in [-0.25, -0.2) is 0 Å². The van der Waals surface area contributed by atoms with Crippen molar-refractivity contribution < 1.29 is 0 Å². The van der Waals surface area contributed by atoms with Gasteiger partial charge in [-0.05, 0) is 43.9 Å². The van der Waals surface area contributed by atoms with E-state index in [0.717, 1.165) is 35.5 Å². The fourth-order valence-electron chi connectivity index (χ4n) is 2.69. The molecule has 0 bridgehead atoms. The fraction of sp³-hybridized carbons (Fsp3) is 0.786. The van der Waals surface area contributed by atoms with E-state index in [0.29, 0.717) is 0 Å². The van der Waals surface area contributed by atoms with Crippen molar-refractivity contribution in [2.75, 3.05) is 23.7 Å². The van der Waals surface area contributed by atoms with E-state index < -0.39 is 0 Å². The Bertz CT molecular complexity index is 415. The summed E-state index contributed by atoms with van der Waals surface area (Å²) < 4.78 is 1.99. The number of aromatic nitrogens is 2. The summed E-state index contributed by atoms with van der Waals surface area (Å²) in [6, 6.07) is 0. The second-order valence-electron chi connectivity index (χ2n) is 5.95. The minimum atomic E-state index is 0.892. The molecule has 0 aliphatic heterocycles. The van der Waals surface area contributed by atoms with Gasteiger partial charge in [0.05, 0.1) is 11.4 Å². The second-order valence-corrected chi connectivity index (χ2v) is 5.95. The maximum Gasteiger partial charge on any atom is 0.150 e. The van der Waals surface area contributed by atoms with Crippen LogP contribution < -0.4 is 10.6 Å². The molecular formula is C14H24N4. The van der Waals surface area contributed by atoms with Gasteiger partial charge in [0.15, 0.2) is 0 Å². The van der Waals surface area contributed by atoms with E-state index in [-0.39, 0.29) is 0 Å². The molecule has 2 N–H and O–H groups in total. The van der Waals surface area contributed by atoms with Gasteiger partial charge >= 0.3 is 0 Å². The predicted molar refractivity (Wildman–Crippen MR) is 74.7 cm³/mol. The lowest BCUT2D eigenvalue weighted by Crippen LogP contribution is -2.30. The molecular weight excluding hydrogens is 224 g/mol. The Labute approximate surface area is 109 Å². The molecule has 0 spiro atoms. The molecule has 18 heavy (non-hydrogen) atoms. The molecule has 0 radical (unpaired) electrons. The van der Waals surface area contributed by atoms with Crippen molar-refractivity contribution in [2.24, 2.45) is 18.9 Å². The van der Waals surface area contributed by atoms with Crippen LogP contribution in [-0.2, 0) is 13.5 Å². The van der Waals surface area contributed by atoms with Crippen LogP contribution in [0.3, 0.4) is 0 Å². The number of hydrogen-bond acceptors (Lipinski definition) is 3. The van der Waals surface area contributed by atoms with Gasteiger partial charge < -0.3 is 10.6 Å². The highest BCUT2D eigenvalue weighted by Gasteiger charge is 2.31. The zero-order valence-corrected chi connectivity index (χ0v) is 11.5. The molecule has 0 saturated heterocycles. The SMILES string of the molecule is CCc1nn(C)c(N(CC2CC2)CC2CC2)c1N. The van der Waals surface area contributed by atoms with Gasteiger partial charge in [-0.2, -0.15) is 5.10 Å². The van der Waals surface area contributed by atoms with Gasteiger partial charge in [0.2, 0.25) is 0 Å². The normalized spacial score (nSPS) is 19.2. The third-order valence-corrected chi connectivity index (χ3v) is 4.11. The van der Waals surface area contributed by atoms with E-state index >= 15 is 0 Å². The van der Waals surface area contributed by atoms with Gasteiger partial charge in [0.25, 0.3) is 0 Å². The maximum absolute atomic E-state index is 6.28. The first-order valence-electron chi connectivity index (χ1n) is 7.25. The van der Waals surface area contributed by atoms with Gasteiger partial charge in [-0.15, -0.1) is 0 Å². The van der Waals surface area contributed by atoms with Crippen molar-refractivity contribution in [3.63, 3.8) is 0 Å². The van der Waals surface area contributed by atoms with E-state index in [2.05, 4.69) is 16.9 Å². The van der Waals surface area contributed by atoms with Crippen LogP contribution in [0.4, 0.5) is 11.5 Å². The Morgan fingerprint density at radius 1 is 1.22 bits per heavy atom. The fourth-order valence-corrected chi connectivity index (χ4v) is 2.69. The second kappa shape index (κ2) is 4.48. The first kappa shape index (κ1) is 11.9. The molecule has 0 amide bonds. The lowest BCUT2D eigenvalue weighted by Gasteiger charge is -2.25. The lowest BCUT2D eigenvalue weighted by atomic mass is 10.2. The molecule has 0 unspecified atom stereocenters. The zero-order chi connectivity index (χ0) is 12.7. The predicted octanol–water partition coefficient (Wildman–Crippen LogP) is 2.19. The third-order valence-electron chi connectivity index (χ3n) is 4.11. The van der Waals surface area contributed by atoms with E-state index in [1.807, 2.05) is 11.7 Å². The van der Waals surface area contributed by atoms with Crippen molar-refractivity contribution in [1.29, 1.82) is 0 Å². The Morgan fingerprint density at radius 3 is 2.17 bits per heavy atom. The average molecular weight is 248 g/mol. The molecule has 2 fully saturated rings. The molecule has 0 atom stereocenters. The van der Waals surface area contributed by atoms with E-state index in [4.69, 9.17) is 5.73 Å². The van der Waals surface area contributed by atoms with Crippen LogP contribution in [0.1, 0.15) is 38.3 Å². The summed E-state index contributed by atoms with van der Waals surface area (Å²) in [7, 11) is 2.03. The summed E-state index contributed by atoms with van der Waals surface area (Å²) in [6.45, 7) is 4.46. The molecule has 4 heteroatoms. The number of nitrogen functional groups attached to an aromatic ring is 1. The number of rotatable bonds is 6. The number of hydrogen-bond donors (Lipinski definition) is 1. The first-order chi connectivity index (χ1) is 8.69. The highest BCUT2D eigenvalue weighted by Crippen LogP contribution is 2.37. The van der Waals surface area contributed by atoms with E-state index in [9.17, 15) is 0 Å². The van der Waals surface area contributed by atoms with Crippen LogP contribution in [0.15, 0.2) is 0 Å². The molecule has 3 rings (SSSR count). The molecule has 100 valence electrons. The Balaban J connectivity index is 1.84. The van der Waals surface area contributed by atoms with Gasteiger partial charge in [-0.1, -0.05) is 6.92 Å². The topological polar surface area (TPSA) is 47.1 Å². The third kappa shape index (κ3) is 2.33. The van der Waals surface area contributed by atoms with Crippen molar-refractivity contribution in [3.8, 4) is 0 Å². The van der Waals surface area contributed by atoms with Crippen LogP contribution in [0.2, 0.25) is 0 Å². The van der Waals surface area contributed by atoms with Gasteiger partial charge in [0.1, 0.15) is 5.82 Å². The quantitative estimate of drug-likeness (QED) is 0.839. The summed E-state index contributed by atoms with van der Waals surface area (Å²) in [6.07, 6.45) is 6.47. The van der Waals surface area contributed by atoms with Gasteiger partial charge in [0, 0.05) is 20.1 Å². The zero-order valence-electron chi connectivity index (χ0n) is 11.5. The molecule has 2 aliphatic carbocycles. The van der Waals surface area contributed by atoms with Crippen LogP contribution in [0.25, 0.3) is 0 Å². The van der Waals surface area contributed by atoms with Crippen LogP contribution in [0, 0.1) is 11.8 Å². The molecule has 0 aromatic carbocycles. The smallest absolute Gasteiger partial charge is 0.150 e. The van der Waals surface area contributed by atoms with Gasteiger partial charge in [-0.3, -0.25) is 4.68 Å². The van der Waals surface area contributed by atoms with E-state index in [1.165, 1.54) is 38.8 Å². The summed E-state index contributed by atoms with van der Waals surface area (Å²) >= 11 is 0. The highest BCUT2D eigenvalue weighted by molar-refractivity contribution is 5.66. The molecule has 1 aromatic rings. The minimum absolute atomic E-state index is 0.892. The molecule has 2 aliphatic rings. The van der Waals surface area contributed by atoms with Crippen molar-refractivity contribution in [3.05, 3.63) is 5.69 Å². The number of aryl methyl sites for hydroxylation is 2. The van der Waals surface area contributed by atoms with Crippen LogP contribution in [-0.4, -0.2) is 22.9 Å². The number of nitrogens with two attached hydrogens (primary N) is 1. The number of nitrogens with zero attached hydrogens (tertiary/aromatic N) is 3. The summed E-state index contributed by atoms with van der Waals surface area (Å²) in [5.41, 5.74) is 8.23. The average Bonchev–Trinajstić information content (AvgIpc) is 3.22. The Kier molecular flexibility index (Phi) is 2.96. The van der Waals surface area contributed by atoms with Crippen LogP contribution >= 0.6 is 0 Å². The standard InChI is InChI=1S/C14H24N4/c1-3-12-13(15)14(17(2)16-12)18(8-10-4-5-10)9-11-6-7-11/h10-11H,3-9,15H2,1-2H3. The van der Waals surface area contributed by atoms with Crippen molar-refractivity contribution in [1.82, 2.24) is 9.78 Å². The van der Waals surface area contributed by atoms with Crippen LogP contribution in [0.5, 0.6) is 0 Å². The Hall–Kier alpha value is -1.19. The highest BCUT2D eigenvalue weighted by atomic mass is 15.4. The molecule has 1 aromatic heterocycles. The molecule has 1 heterocycles. The molecule has 2 saturated carbocycles. The summed E-state index contributed by atoms with van der Waals surface area (Å²) in [4.78, 5) is 2.50. The Morgan fingerprint density at radius 2 is 1.78 bits per heavy atom. The van der Waals surface area contributed by atoms with Crippen molar-refractivity contribution in [2.45, 2.75) is 39.0 Å². The monoisotopic (exact) mass is 248 g/mol. The largest absolute Gasteiger partial charge is 0.394 e. The molecule has 4 nitrogen and oxygen atoms in total. The summed E-state index contributed by atoms with van der Waals surface area (Å²) in [5.74, 6) is 2.94. The maximum atomic E-state index is 6.28. The van der Waals surface area contributed by atoms with Crippen molar-refractivity contribution >= 4 is 11.5 Å².